The normalized spacial score (nSPS) is 15.1. The fraction of sp³-hybridized carbons (Fsp3) is 0.500. The highest BCUT2D eigenvalue weighted by molar-refractivity contribution is 7.83. The van der Waals surface area contributed by atoms with E-state index in [0.29, 0.717) is 0 Å². The van der Waals surface area contributed by atoms with Gasteiger partial charge in [-0.05, 0) is 25.0 Å². The molecule has 0 fully saturated rings. The van der Waals surface area contributed by atoms with Crippen LogP contribution in [0.25, 0.3) is 0 Å². The van der Waals surface area contributed by atoms with Crippen LogP contribution in [0.4, 0.5) is 0 Å². The lowest BCUT2D eigenvalue weighted by molar-refractivity contribution is 0.229. The van der Waals surface area contributed by atoms with Crippen LogP contribution in [0.1, 0.15) is 19.4 Å². The molecule has 2 N–H and O–H groups in total. The van der Waals surface area contributed by atoms with E-state index in [1.165, 1.54) is 0 Å². The maximum absolute atomic E-state index is 11.9. The number of nitrogens with one attached hydrogen (secondary N) is 1. The standard InChI is InChI=1S/C12H19NO2S/c1-9(2)12(8-14)13-16(15)11-6-4-10(3)5-7-11/h4-7,9,12-14H,8H2,1-3H3/t12-,16-/m1/s1. The lowest BCUT2D eigenvalue weighted by atomic mass is 10.1. The van der Waals surface area contributed by atoms with Crippen LogP contribution in [0.5, 0.6) is 0 Å². The minimum absolute atomic E-state index is 0.00469. The van der Waals surface area contributed by atoms with Gasteiger partial charge in [0.2, 0.25) is 0 Å². The van der Waals surface area contributed by atoms with Crippen LogP contribution in [0.2, 0.25) is 0 Å². The van der Waals surface area contributed by atoms with Gasteiger partial charge in [-0.2, -0.15) is 0 Å². The van der Waals surface area contributed by atoms with E-state index in [0.717, 1.165) is 10.5 Å². The molecule has 16 heavy (non-hydrogen) atoms. The Kier molecular flexibility index (Phi) is 5.12. The zero-order valence-corrected chi connectivity index (χ0v) is 10.8. The summed E-state index contributed by atoms with van der Waals surface area (Å²) in [6.07, 6.45) is 0. The molecule has 0 aliphatic carbocycles. The van der Waals surface area contributed by atoms with E-state index in [9.17, 15) is 4.21 Å². The van der Waals surface area contributed by atoms with Crippen LogP contribution in [0, 0.1) is 12.8 Å². The van der Waals surface area contributed by atoms with E-state index >= 15 is 0 Å². The van der Waals surface area contributed by atoms with Gasteiger partial charge >= 0.3 is 0 Å². The quantitative estimate of drug-likeness (QED) is 0.823. The van der Waals surface area contributed by atoms with Crippen molar-refractivity contribution in [2.45, 2.75) is 31.7 Å². The average molecular weight is 241 g/mol. The predicted octanol–water partition coefficient (Wildman–Crippen LogP) is 1.62. The van der Waals surface area contributed by atoms with E-state index in [2.05, 4.69) is 4.72 Å². The highest BCUT2D eigenvalue weighted by atomic mass is 32.2. The third-order valence-electron chi connectivity index (χ3n) is 2.49. The van der Waals surface area contributed by atoms with Crippen LogP contribution in [-0.4, -0.2) is 22.0 Å². The molecular weight excluding hydrogens is 222 g/mol. The largest absolute Gasteiger partial charge is 0.395 e. The Hall–Kier alpha value is -0.710. The topological polar surface area (TPSA) is 49.3 Å². The summed E-state index contributed by atoms with van der Waals surface area (Å²) in [5, 5.41) is 9.14. The van der Waals surface area contributed by atoms with E-state index in [1.54, 1.807) is 0 Å². The molecule has 0 aliphatic rings. The first-order chi connectivity index (χ1) is 7.54. The second-order valence-electron chi connectivity index (χ2n) is 4.23. The molecule has 0 aliphatic heterocycles. The Bertz CT molecular complexity index is 349. The second kappa shape index (κ2) is 6.13. The minimum Gasteiger partial charge on any atom is -0.395 e. The molecule has 0 unspecified atom stereocenters. The third kappa shape index (κ3) is 3.70. The summed E-state index contributed by atoms with van der Waals surface area (Å²) in [4.78, 5) is 0.740. The van der Waals surface area contributed by atoms with Crippen LogP contribution in [0.15, 0.2) is 29.2 Å². The molecule has 0 heterocycles. The van der Waals surface area contributed by atoms with Crippen LogP contribution < -0.4 is 4.72 Å². The number of rotatable bonds is 5. The van der Waals surface area contributed by atoms with Gasteiger partial charge in [0.25, 0.3) is 0 Å². The molecule has 2 atom stereocenters. The molecule has 0 saturated carbocycles. The van der Waals surface area contributed by atoms with Gasteiger partial charge in [-0.3, -0.25) is 0 Å². The number of hydrogen-bond donors (Lipinski definition) is 2. The third-order valence-corrected chi connectivity index (χ3v) is 3.71. The summed E-state index contributed by atoms with van der Waals surface area (Å²) in [6.45, 7) is 5.96. The number of aryl methyl sites for hydroxylation is 1. The molecule has 1 rings (SSSR count). The fourth-order valence-corrected chi connectivity index (χ4v) is 2.39. The van der Waals surface area contributed by atoms with Crippen molar-refractivity contribution in [2.24, 2.45) is 5.92 Å². The highest BCUT2D eigenvalue weighted by Gasteiger charge is 2.15. The summed E-state index contributed by atoms with van der Waals surface area (Å²) in [5.41, 5.74) is 1.14. The first-order valence-corrected chi connectivity index (χ1v) is 6.55. The molecule has 0 spiro atoms. The molecule has 0 amide bonds. The first-order valence-electron chi connectivity index (χ1n) is 5.40. The number of benzene rings is 1. The molecule has 0 bridgehead atoms. The van der Waals surface area contributed by atoms with Gasteiger partial charge in [-0.15, -0.1) is 0 Å². The van der Waals surface area contributed by atoms with Crippen molar-refractivity contribution in [3.63, 3.8) is 0 Å². The number of hydrogen-bond acceptors (Lipinski definition) is 2. The van der Waals surface area contributed by atoms with Crippen LogP contribution in [0.3, 0.4) is 0 Å². The monoisotopic (exact) mass is 241 g/mol. The molecule has 3 nitrogen and oxygen atoms in total. The van der Waals surface area contributed by atoms with Gasteiger partial charge < -0.3 is 5.11 Å². The van der Waals surface area contributed by atoms with E-state index in [4.69, 9.17) is 5.11 Å². The molecule has 90 valence electrons. The Balaban J connectivity index is 2.68. The highest BCUT2D eigenvalue weighted by Crippen LogP contribution is 2.09. The Labute approximate surface area is 99.5 Å². The first kappa shape index (κ1) is 13.4. The van der Waals surface area contributed by atoms with Crippen molar-refractivity contribution in [2.75, 3.05) is 6.61 Å². The van der Waals surface area contributed by atoms with E-state index in [1.807, 2.05) is 45.0 Å². The Morgan fingerprint density at radius 1 is 1.31 bits per heavy atom. The number of aliphatic hydroxyl groups is 1. The minimum atomic E-state index is -1.25. The van der Waals surface area contributed by atoms with Gasteiger partial charge in [0, 0.05) is 6.04 Å². The molecule has 1 aromatic rings. The lowest BCUT2D eigenvalue weighted by Crippen LogP contribution is -2.38. The van der Waals surface area contributed by atoms with E-state index in [-0.39, 0.29) is 18.6 Å². The van der Waals surface area contributed by atoms with Crippen molar-refractivity contribution in [3.05, 3.63) is 29.8 Å². The summed E-state index contributed by atoms with van der Waals surface area (Å²) in [7, 11) is -1.25. The summed E-state index contributed by atoms with van der Waals surface area (Å²) < 4.78 is 14.8. The van der Waals surface area contributed by atoms with Gasteiger partial charge in [0.05, 0.1) is 11.5 Å². The van der Waals surface area contributed by atoms with Crippen molar-refractivity contribution in [3.8, 4) is 0 Å². The Morgan fingerprint density at radius 3 is 2.31 bits per heavy atom. The van der Waals surface area contributed by atoms with Crippen LogP contribution in [-0.2, 0) is 11.0 Å². The predicted molar refractivity (Wildman–Crippen MR) is 66.4 cm³/mol. The molecule has 4 heteroatoms. The molecule has 0 radical (unpaired) electrons. The van der Waals surface area contributed by atoms with Crippen LogP contribution >= 0.6 is 0 Å². The van der Waals surface area contributed by atoms with Gasteiger partial charge in [-0.25, -0.2) is 8.93 Å². The molecule has 0 saturated heterocycles. The van der Waals surface area contributed by atoms with Crippen molar-refractivity contribution in [1.82, 2.24) is 4.72 Å². The average Bonchev–Trinajstić information content (AvgIpc) is 2.26. The molecule has 0 aromatic heterocycles. The van der Waals surface area contributed by atoms with Gasteiger partial charge in [0.15, 0.2) is 0 Å². The van der Waals surface area contributed by atoms with Gasteiger partial charge in [-0.1, -0.05) is 31.5 Å². The summed E-state index contributed by atoms with van der Waals surface area (Å²) in [6, 6.07) is 7.40. The summed E-state index contributed by atoms with van der Waals surface area (Å²) >= 11 is 0. The maximum atomic E-state index is 11.9. The Morgan fingerprint density at radius 2 is 1.88 bits per heavy atom. The van der Waals surface area contributed by atoms with Crippen molar-refractivity contribution in [1.29, 1.82) is 0 Å². The van der Waals surface area contributed by atoms with Crippen molar-refractivity contribution < 1.29 is 9.32 Å². The van der Waals surface area contributed by atoms with E-state index < -0.39 is 11.0 Å². The lowest BCUT2D eigenvalue weighted by Gasteiger charge is -2.19. The van der Waals surface area contributed by atoms with Gasteiger partial charge in [0.1, 0.15) is 11.0 Å². The fourth-order valence-electron chi connectivity index (χ4n) is 1.25. The summed E-state index contributed by atoms with van der Waals surface area (Å²) in [5.74, 6) is 0.249. The number of aliphatic hydroxyl groups excluding tert-OH is 1. The molecule has 1 aromatic carbocycles. The second-order valence-corrected chi connectivity index (χ2v) is 5.48. The zero-order chi connectivity index (χ0) is 12.1. The maximum Gasteiger partial charge on any atom is 0.125 e. The smallest absolute Gasteiger partial charge is 0.125 e. The zero-order valence-electron chi connectivity index (χ0n) is 9.93. The molecular formula is C12H19NO2S. The van der Waals surface area contributed by atoms with Crippen molar-refractivity contribution >= 4 is 11.0 Å². The SMILES string of the molecule is Cc1ccc([S@@](=O)N[C@H](CO)C(C)C)cc1.